The second-order valence-corrected chi connectivity index (χ2v) is 5.52. The number of carbonyl (C=O) groups is 1. The van der Waals surface area contributed by atoms with E-state index in [1.165, 1.54) is 12.1 Å². The van der Waals surface area contributed by atoms with E-state index in [-0.39, 0.29) is 24.4 Å². The normalized spacial score (nSPS) is 14.4. The average molecular weight is 332 g/mol. The van der Waals surface area contributed by atoms with E-state index >= 15 is 0 Å². The summed E-state index contributed by atoms with van der Waals surface area (Å²) in [7, 11) is 0. The Hall–Kier alpha value is -0.940. The van der Waals surface area contributed by atoms with Crippen molar-refractivity contribution in [2.75, 3.05) is 6.54 Å². The highest BCUT2D eigenvalue weighted by molar-refractivity contribution is 9.10. The molecule has 1 aromatic carbocycles. The molecule has 0 aromatic heterocycles. The Bertz CT molecular complexity index is 453. The number of carboxylic acid groups (broad SMARTS) is 1. The molecule has 2 unspecified atom stereocenters. The zero-order chi connectivity index (χ0) is 14.6. The molecule has 0 radical (unpaired) electrons. The zero-order valence-corrected chi connectivity index (χ0v) is 12.9. The Balaban J connectivity index is 3.03. The third kappa shape index (κ3) is 4.28. The van der Waals surface area contributed by atoms with E-state index in [9.17, 15) is 9.18 Å². The SMILES string of the molecule is CCC(C)N(CC(=O)O)C(C)c1ccc(F)cc1Br. The van der Waals surface area contributed by atoms with Crippen molar-refractivity contribution < 1.29 is 14.3 Å². The topological polar surface area (TPSA) is 40.5 Å². The van der Waals surface area contributed by atoms with Crippen LogP contribution in [0, 0.1) is 5.82 Å². The molecule has 1 rings (SSSR count). The van der Waals surface area contributed by atoms with E-state index in [4.69, 9.17) is 5.11 Å². The number of hydrogen-bond acceptors (Lipinski definition) is 2. The van der Waals surface area contributed by atoms with Crippen molar-refractivity contribution in [3.63, 3.8) is 0 Å². The second-order valence-electron chi connectivity index (χ2n) is 4.67. The first kappa shape index (κ1) is 16.1. The van der Waals surface area contributed by atoms with Gasteiger partial charge < -0.3 is 5.11 Å². The first-order valence-corrected chi connectivity index (χ1v) is 7.08. The number of aliphatic carboxylic acids is 1. The van der Waals surface area contributed by atoms with Crippen molar-refractivity contribution >= 4 is 21.9 Å². The van der Waals surface area contributed by atoms with E-state index in [1.807, 2.05) is 25.7 Å². The maximum atomic E-state index is 13.1. The highest BCUT2D eigenvalue weighted by atomic mass is 79.9. The minimum absolute atomic E-state index is 0.0278. The van der Waals surface area contributed by atoms with Crippen LogP contribution in [0.5, 0.6) is 0 Å². The third-order valence-corrected chi connectivity index (χ3v) is 4.07. The van der Waals surface area contributed by atoms with Crippen LogP contribution < -0.4 is 0 Å². The lowest BCUT2D eigenvalue weighted by Crippen LogP contribution is -2.39. The highest BCUT2D eigenvalue weighted by Gasteiger charge is 2.24. The number of rotatable bonds is 6. The maximum absolute atomic E-state index is 13.1. The molecular formula is C14H19BrFNO2. The number of carboxylic acids is 1. The van der Waals surface area contributed by atoms with Gasteiger partial charge in [0.1, 0.15) is 5.82 Å². The van der Waals surface area contributed by atoms with Crippen molar-refractivity contribution in [2.45, 2.75) is 39.3 Å². The summed E-state index contributed by atoms with van der Waals surface area (Å²) in [5.74, 6) is -1.17. The number of halogens is 2. The monoisotopic (exact) mass is 331 g/mol. The minimum atomic E-state index is -0.856. The Labute approximate surface area is 121 Å². The lowest BCUT2D eigenvalue weighted by atomic mass is 10.0. The summed E-state index contributed by atoms with van der Waals surface area (Å²) in [5, 5.41) is 9.02. The molecule has 3 nitrogen and oxygen atoms in total. The molecule has 0 fully saturated rings. The van der Waals surface area contributed by atoms with Crippen molar-refractivity contribution in [2.24, 2.45) is 0 Å². The molecule has 1 N–H and O–H groups in total. The Kier molecular flexibility index (Phi) is 5.94. The van der Waals surface area contributed by atoms with Gasteiger partial charge in [-0.25, -0.2) is 4.39 Å². The van der Waals surface area contributed by atoms with Crippen molar-refractivity contribution in [3.8, 4) is 0 Å². The van der Waals surface area contributed by atoms with E-state index in [0.717, 1.165) is 12.0 Å². The zero-order valence-electron chi connectivity index (χ0n) is 11.4. The van der Waals surface area contributed by atoms with Crippen LogP contribution in [0.4, 0.5) is 4.39 Å². The highest BCUT2D eigenvalue weighted by Crippen LogP contribution is 2.30. The summed E-state index contributed by atoms with van der Waals surface area (Å²) in [6.45, 7) is 5.93. The number of hydrogen-bond donors (Lipinski definition) is 1. The van der Waals surface area contributed by atoms with E-state index in [1.54, 1.807) is 6.07 Å². The molecule has 0 heterocycles. The van der Waals surface area contributed by atoms with Gasteiger partial charge in [0.2, 0.25) is 0 Å². The molecule has 5 heteroatoms. The fourth-order valence-electron chi connectivity index (χ4n) is 2.08. The molecule has 19 heavy (non-hydrogen) atoms. The van der Waals surface area contributed by atoms with Gasteiger partial charge in [-0.05, 0) is 38.0 Å². The molecule has 0 bridgehead atoms. The van der Waals surface area contributed by atoms with Gasteiger partial charge in [-0.3, -0.25) is 9.69 Å². The quantitative estimate of drug-likeness (QED) is 0.861. The fourth-order valence-corrected chi connectivity index (χ4v) is 2.77. The molecule has 106 valence electrons. The van der Waals surface area contributed by atoms with Gasteiger partial charge in [-0.15, -0.1) is 0 Å². The van der Waals surface area contributed by atoms with Crippen LogP contribution in [0.2, 0.25) is 0 Å². The predicted molar refractivity (Wildman–Crippen MR) is 76.6 cm³/mol. The van der Waals surface area contributed by atoms with E-state index in [2.05, 4.69) is 15.9 Å². The molecule has 0 saturated carbocycles. The molecule has 0 saturated heterocycles. The average Bonchev–Trinajstić information content (AvgIpc) is 2.34. The first-order chi connectivity index (χ1) is 8.86. The van der Waals surface area contributed by atoms with Crippen LogP contribution in [0.25, 0.3) is 0 Å². The molecule has 0 aliphatic heterocycles. The summed E-state index contributed by atoms with van der Waals surface area (Å²) in [4.78, 5) is 12.9. The van der Waals surface area contributed by atoms with Crippen LogP contribution in [0.15, 0.2) is 22.7 Å². The van der Waals surface area contributed by atoms with Crippen molar-refractivity contribution in [3.05, 3.63) is 34.1 Å². The number of benzene rings is 1. The second kappa shape index (κ2) is 7.01. The predicted octanol–water partition coefficient (Wildman–Crippen LogP) is 3.83. The Morgan fingerprint density at radius 1 is 1.47 bits per heavy atom. The Morgan fingerprint density at radius 3 is 2.58 bits per heavy atom. The molecule has 0 spiro atoms. The number of nitrogens with zero attached hydrogens (tertiary/aromatic N) is 1. The van der Waals surface area contributed by atoms with Gasteiger partial charge in [-0.2, -0.15) is 0 Å². The molecule has 0 amide bonds. The summed E-state index contributed by atoms with van der Waals surface area (Å²) < 4.78 is 13.8. The van der Waals surface area contributed by atoms with Crippen molar-refractivity contribution in [1.82, 2.24) is 4.90 Å². The summed E-state index contributed by atoms with van der Waals surface area (Å²) in [6.07, 6.45) is 0.858. The Morgan fingerprint density at radius 2 is 2.11 bits per heavy atom. The molecular weight excluding hydrogens is 313 g/mol. The summed E-state index contributed by atoms with van der Waals surface area (Å²) in [5.41, 5.74) is 0.892. The molecule has 1 aromatic rings. The van der Waals surface area contributed by atoms with Crippen LogP contribution >= 0.6 is 15.9 Å². The lowest BCUT2D eigenvalue weighted by Gasteiger charge is -2.33. The van der Waals surface area contributed by atoms with Gasteiger partial charge in [0.25, 0.3) is 0 Å². The van der Waals surface area contributed by atoms with Crippen LogP contribution in [-0.2, 0) is 4.79 Å². The molecule has 0 aliphatic rings. The molecule has 0 aliphatic carbocycles. The maximum Gasteiger partial charge on any atom is 0.317 e. The van der Waals surface area contributed by atoms with Crippen LogP contribution in [0.1, 0.15) is 38.8 Å². The van der Waals surface area contributed by atoms with Gasteiger partial charge in [0.15, 0.2) is 0 Å². The van der Waals surface area contributed by atoms with Gasteiger partial charge in [-0.1, -0.05) is 28.9 Å². The summed E-state index contributed by atoms with van der Waals surface area (Å²) >= 11 is 3.34. The van der Waals surface area contributed by atoms with E-state index in [0.29, 0.717) is 4.47 Å². The molecule has 2 atom stereocenters. The fraction of sp³-hybridized carbons (Fsp3) is 0.500. The first-order valence-electron chi connectivity index (χ1n) is 6.29. The van der Waals surface area contributed by atoms with Gasteiger partial charge in [0, 0.05) is 16.6 Å². The smallest absolute Gasteiger partial charge is 0.317 e. The van der Waals surface area contributed by atoms with Crippen LogP contribution in [0.3, 0.4) is 0 Å². The standard InChI is InChI=1S/C14H19BrFNO2/c1-4-9(2)17(8-14(18)19)10(3)12-6-5-11(16)7-13(12)15/h5-7,9-10H,4,8H2,1-3H3,(H,18,19). The summed E-state index contributed by atoms with van der Waals surface area (Å²) in [6, 6.07) is 4.54. The minimum Gasteiger partial charge on any atom is -0.480 e. The van der Waals surface area contributed by atoms with Crippen molar-refractivity contribution in [1.29, 1.82) is 0 Å². The van der Waals surface area contributed by atoms with Gasteiger partial charge >= 0.3 is 5.97 Å². The van der Waals surface area contributed by atoms with E-state index < -0.39 is 5.97 Å². The van der Waals surface area contributed by atoms with Gasteiger partial charge in [0.05, 0.1) is 6.54 Å². The van der Waals surface area contributed by atoms with Crippen LogP contribution in [-0.4, -0.2) is 28.6 Å². The third-order valence-electron chi connectivity index (χ3n) is 3.38. The largest absolute Gasteiger partial charge is 0.480 e. The lowest BCUT2D eigenvalue weighted by molar-refractivity contribution is -0.139.